The minimum Gasteiger partial charge on any atom is -0.463 e. The van der Waals surface area contributed by atoms with Crippen molar-refractivity contribution >= 4 is 5.91 Å². The van der Waals surface area contributed by atoms with Crippen molar-refractivity contribution in [2.75, 3.05) is 13.2 Å². The summed E-state index contributed by atoms with van der Waals surface area (Å²) in [5, 5.41) is 3.95. The van der Waals surface area contributed by atoms with Crippen LogP contribution in [0.25, 0.3) is 11.3 Å². The second-order valence-electron chi connectivity index (χ2n) is 8.62. The van der Waals surface area contributed by atoms with E-state index in [2.05, 4.69) is 20.1 Å². The maximum Gasteiger partial charge on any atom is 0.316 e. The third kappa shape index (κ3) is 3.94. The lowest BCUT2D eigenvalue weighted by atomic mass is 9.72. The van der Waals surface area contributed by atoms with Crippen molar-refractivity contribution in [2.24, 2.45) is 11.8 Å². The summed E-state index contributed by atoms with van der Waals surface area (Å²) >= 11 is 0. The van der Waals surface area contributed by atoms with Gasteiger partial charge in [-0.05, 0) is 57.1 Å². The largest absolute Gasteiger partial charge is 0.463 e. The van der Waals surface area contributed by atoms with Gasteiger partial charge in [0.1, 0.15) is 5.69 Å². The second kappa shape index (κ2) is 8.29. The molecule has 3 fully saturated rings. The van der Waals surface area contributed by atoms with Crippen molar-refractivity contribution < 1.29 is 18.4 Å². The lowest BCUT2D eigenvalue weighted by Crippen LogP contribution is -2.55. The van der Waals surface area contributed by atoms with E-state index in [0.717, 1.165) is 43.0 Å². The number of hydrogen-bond donors (Lipinski definition) is 0. The van der Waals surface area contributed by atoms with Gasteiger partial charge in [0.05, 0.1) is 30.3 Å². The van der Waals surface area contributed by atoms with Gasteiger partial charge in [-0.1, -0.05) is 5.16 Å². The van der Waals surface area contributed by atoms with E-state index in [1.807, 2.05) is 36.9 Å². The van der Waals surface area contributed by atoms with Crippen LogP contribution in [0.15, 0.2) is 35.1 Å². The maximum absolute atomic E-state index is 13.6. The van der Waals surface area contributed by atoms with Crippen molar-refractivity contribution in [3.63, 3.8) is 0 Å². The Morgan fingerprint density at radius 2 is 2.03 bits per heavy atom. The molecule has 1 saturated carbocycles. The van der Waals surface area contributed by atoms with E-state index in [-0.39, 0.29) is 18.0 Å². The summed E-state index contributed by atoms with van der Waals surface area (Å²) in [6, 6.07) is 5.86. The molecule has 2 bridgehead atoms. The number of fused-ring (bicyclic) bond motifs is 3. The van der Waals surface area contributed by atoms with Crippen LogP contribution in [0.3, 0.4) is 0 Å². The number of hydrogen-bond acceptors (Lipinski definition) is 7. The number of amides is 1. The van der Waals surface area contributed by atoms with E-state index in [1.165, 1.54) is 0 Å². The van der Waals surface area contributed by atoms with Crippen LogP contribution in [0.4, 0.5) is 4.39 Å². The lowest BCUT2D eigenvalue weighted by molar-refractivity contribution is -0.00559. The quantitative estimate of drug-likeness (QED) is 0.602. The first kappa shape index (κ1) is 20.5. The van der Waals surface area contributed by atoms with Crippen LogP contribution in [0.1, 0.15) is 41.1 Å². The number of carbonyl (C=O) groups is 1. The van der Waals surface area contributed by atoms with Gasteiger partial charge in [0.25, 0.3) is 5.91 Å². The van der Waals surface area contributed by atoms with Gasteiger partial charge in [-0.2, -0.15) is 0 Å². The summed E-state index contributed by atoms with van der Waals surface area (Å²) < 4.78 is 24.1. The Morgan fingerprint density at radius 1 is 1.22 bits per heavy atom. The topological polar surface area (TPSA) is 94.2 Å². The molecule has 2 aliphatic heterocycles. The van der Waals surface area contributed by atoms with E-state index in [0.29, 0.717) is 42.0 Å². The summed E-state index contributed by atoms with van der Waals surface area (Å²) in [7, 11) is 0. The summed E-state index contributed by atoms with van der Waals surface area (Å²) in [5.41, 5.74) is 2.60. The zero-order chi connectivity index (χ0) is 22.2. The molecule has 32 heavy (non-hydrogen) atoms. The van der Waals surface area contributed by atoms with Crippen LogP contribution in [0.5, 0.6) is 6.01 Å². The molecule has 166 valence electrons. The molecule has 9 heteroatoms. The van der Waals surface area contributed by atoms with Crippen LogP contribution in [0.2, 0.25) is 0 Å². The molecule has 3 aromatic heterocycles. The highest BCUT2D eigenvalue weighted by molar-refractivity contribution is 5.98. The Hall–Kier alpha value is -3.36. The number of halogens is 1. The molecule has 3 aliphatic rings. The summed E-state index contributed by atoms with van der Waals surface area (Å²) in [5.74, 6) is 0.603. The first-order valence-electron chi connectivity index (χ1n) is 10.8. The number of piperidine rings is 2. The SMILES string of the molecule is Cc1cc(-c2ccc(C)nc2C(=O)N2CC3CCC2CC3COc2ncc(F)cn2)on1. The van der Waals surface area contributed by atoms with E-state index in [1.54, 1.807) is 0 Å². The highest BCUT2D eigenvalue weighted by atomic mass is 19.1. The van der Waals surface area contributed by atoms with Gasteiger partial charge in [0, 0.05) is 24.3 Å². The molecule has 0 N–H and O–H groups in total. The monoisotopic (exact) mass is 437 g/mol. The predicted octanol–water partition coefficient (Wildman–Crippen LogP) is 3.60. The van der Waals surface area contributed by atoms with Crippen LogP contribution in [0, 0.1) is 31.5 Å². The van der Waals surface area contributed by atoms with Crippen molar-refractivity contribution in [3.05, 3.63) is 53.5 Å². The number of ether oxygens (including phenoxy) is 1. The number of aryl methyl sites for hydroxylation is 2. The Balaban J connectivity index is 1.32. The minimum atomic E-state index is -0.493. The second-order valence-corrected chi connectivity index (χ2v) is 8.62. The first-order chi connectivity index (χ1) is 15.5. The van der Waals surface area contributed by atoms with E-state index < -0.39 is 5.82 Å². The lowest BCUT2D eigenvalue weighted by Gasteiger charge is -2.49. The average Bonchev–Trinajstić information content (AvgIpc) is 3.24. The summed E-state index contributed by atoms with van der Waals surface area (Å²) in [4.78, 5) is 27.8. The van der Waals surface area contributed by atoms with Crippen LogP contribution in [-0.4, -0.2) is 50.1 Å². The average molecular weight is 437 g/mol. The Kier molecular flexibility index (Phi) is 5.32. The Morgan fingerprint density at radius 3 is 2.72 bits per heavy atom. The summed E-state index contributed by atoms with van der Waals surface area (Å²) in [6.07, 6.45) is 5.04. The molecule has 5 heterocycles. The molecular weight excluding hydrogens is 413 g/mol. The highest BCUT2D eigenvalue weighted by Gasteiger charge is 2.43. The predicted molar refractivity (Wildman–Crippen MR) is 112 cm³/mol. The molecule has 3 unspecified atom stereocenters. The standard InChI is InChI=1S/C23H24FN5O3/c1-13-3-6-19(20-7-14(2)28-32-20)21(27-13)22(30)29-11-15-4-5-18(29)8-16(15)12-31-23-25-9-17(24)10-26-23/h3,6-7,9-10,15-16,18H,4-5,8,11-12H2,1-2H3. The van der Waals surface area contributed by atoms with Gasteiger partial charge in [-0.15, -0.1) is 0 Å². The van der Waals surface area contributed by atoms with Crippen molar-refractivity contribution in [2.45, 2.75) is 39.2 Å². The molecule has 3 aromatic rings. The third-order valence-electron chi connectivity index (χ3n) is 6.40. The van der Waals surface area contributed by atoms with Gasteiger partial charge in [0.15, 0.2) is 11.6 Å². The van der Waals surface area contributed by atoms with Crippen LogP contribution < -0.4 is 4.74 Å². The molecular formula is C23H24FN5O3. The van der Waals surface area contributed by atoms with Crippen LogP contribution in [-0.2, 0) is 0 Å². The zero-order valence-electron chi connectivity index (χ0n) is 18.0. The number of rotatable bonds is 5. The van der Waals surface area contributed by atoms with E-state index in [9.17, 15) is 9.18 Å². The fourth-order valence-electron chi connectivity index (χ4n) is 4.78. The number of aromatic nitrogens is 4. The van der Waals surface area contributed by atoms with E-state index >= 15 is 0 Å². The summed E-state index contributed by atoms with van der Waals surface area (Å²) in [6.45, 7) is 4.84. The van der Waals surface area contributed by atoms with E-state index in [4.69, 9.17) is 9.26 Å². The highest BCUT2D eigenvalue weighted by Crippen LogP contribution is 2.40. The molecule has 8 nitrogen and oxygen atoms in total. The number of carbonyl (C=O) groups excluding carboxylic acids is 1. The number of pyridine rings is 1. The number of nitrogens with zero attached hydrogens (tertiary/aromatic N) is 5. The van der Waals surface area contributed by atoms with Gasteiger partial charge in [0.2, 0.25) is 0 Å². The molecule has 2 saturated heterocycles. The molecule has 1 aliphatic carbocycles. The molecule has 6 rings (SSSR count). The molecule has 3 atom stereocenters. The smallest absolute Gasteiger partial charge is 0.316 e. The molecule has 1 amide bonds. The maximum atomic E-state index is 13.6. The zero-order valence-corrected chi connectivity index (χ0v) is 18.0. The Labute approximate surface area is 184 Å². The fraction of sp³-hybridized carbons (Fsp3) is 0.435. The van der Waals surface area contributed by atoms with Gasteiger partial charge in [-0.3, -0.25) is 4.79 Å². The fourth-order valence-corrected chi connectivity index (χ4v) is 4.78. The molecule has 0 radical (unpaired) electrons. The first-order valence-corrected chi connectivity index (χ1v) is 10.8. The van der Waals surface area contributed by atoms with Crippen molar-refractivity contribution in [1.82, 2.24) is 25.0 Å². The third-order valence-corrected chi connectivity index (χ3v) is 6.40. The Bertz CT molecular complexity index is 1130. The van der Waals surface area contributed by atoms with Gasteiger partial charge < -0.3 is 14.2 Å². The molecule has 0 aromatic carbocycles. The minimum absolute atomic E-state index is 0.0753. The normalized spacial score (nSPS) is 22.2. The van der Waals surface area contributed by atoms with Crippen molar-refractivity contribution in [1.29, 1.82) is 0 Å². The van der Waals surface area contributed by atoms with Crippen molar-refractivity contribution in [3.8, 4) is 17.3 Å². The van der Waals surface area contributed by atoms with Crippen LogP contribution >= 0.6 is 0 Å². The van der Waals surface area contributed by atoms with Gasteiger partial charge in [-0.25, -0.2) is 19.3 Å². The molecule has 0 spiro atoms. The van der Waals surface area contributed by atoms with Gasteiger partial charge >= 0.3 is 6.01 Å².